The smallest absolute Gasteiger partial charge is 0.449 e. The fourth-order valence-electron chi connectivity index (χ4n) is 2.90. The van der Waals surface area contributed by atoms with Crippen molar-refractivity contribution in [2.24, 2.45) is 0 Å². The summed E-state index contributed by atoms with van der Waals surface area (Å²) in [7, 11) is 5.85. The van der Waals surface area contributed by atoms with Crippen molar-refractivity contribution in [1.29, 1.82) is 0 Å². The maximum Gasteiger partial charge on any atom is 0.449 e. The molecule has 29 heavy (non-hydrogen) atoms. The fraction of sp³-hybridized carbons (Fsp3) is 0.250. The molecule has 0 bridgehead atoms. The van der Waals surface area contributed by atoms with E-state index in [-0.39, 0.29) is 11.4 Å². The highest BCUT2D eigenvalue weighted by molar-refractivity contribution is 5.80. The van der Waals surface area contributed by atoms with E-state index in [0.717, 1.165) is 0 Å². The number of hydrogen-bond acceptors (Lipinski definition) is 5. The Labute approximate surface area is 165 Å². The van der Waals surface area contributed by atoms with Crippen LogP contribution in [0.2, 0.25) is 0 Å². The number of H-pyrrole nitrogens is 1. The van der Waals surface area contributed by atoms with Crippen molar-refractivity contribution in [3.05, 3.63) is 42.2 Å². The first-order valence-electron chi connectivity index (χ1n) is 8.44. The van der Waals surface area contributed by atoms with Crippen LogP contribution in [-0.4, -0.2) is 38.4 Å². The topological polar surface area (TPSA) is 65.6 Å². The van der Waals surface area contributed by atoms with Gasteiger partial charge in [-0.05, 0) is 36.4 Å². The molecule has 0 fully saturated rings. The number of benzene rings is 2. The Hall–Kier alpha value is -3.36. The van der Waals surface area contributed by atoms with Crippen LogP contribution in [0.3, 0.4) is 0 Å². The highest BCUT2D eigenvalue weighted by atomic mass is 19.4. The fourth-order valence-corrected chi connectivity index (χ4v) is 2.90. The molecular formula is C20H19F3N2O4. The number of nitrogens with zero attached hydrogens (tertiary/aromatic N) is 1. The Morgan fingerprint density at radius 1 is 0.724 bits per heavy atom. The Kier molecular flexibility index (Phi) is 5.58. The minimum Gasteiger partial charge on any atom is -0.493 e. The molecule has 0 atom stereocenters. The molecule has 1 heterocycles. The minimum absolute atomic E-state index is 0.116. The van der Waals surface area contributed by atoms with Crippen molar-refractivity contribution in [3.8, 4) is 45.5 Å². The van der Waals surface area contributed by atoms with Crippen LogP contribution in [0.4, 0.5) is 13.2 Å². The number of alkyl halides is 3. The van der Waals surface area contributed by atoms with Gasteiger partial charge in [0.05, 0.1) is 39.8 Å². The lowest BCUT2D eigenvalue weighted by Gasteiger charge is -2.11. The van der Waals surface area contributed by atoms with E-state index in [4.69, 9.17) is 18.9 Å². The van der Waals surface area contributed by atoms with E-state index in [1.807, 2.05) is 0 Å². The first-order chi connectivity index (χ1) is 13.8. The number of rotatable bonds is 6. The van der Waals surface area contributed by atoms with Crippen LogP contribution in [0.15, 0.2) is 36.4 Å². The second kappa shape index (κ2) is 7.94. The van der Waals surface area contributed by atoms with Gasteiger partial charge in [0.1, 0.15) is 0 Å². The normalized spacial score (nSPS) is 11.3. The number of imidazole rings is 1. The van der Waals surface area contributed by atoms with Gasteiger partial charge in [0.25, 0.3) is 0 Å². The van der Waals surface area contributed by atoms with Crippen LogP contribution in [0.5, 0.6) is 23.0 Å². The molecule has 0 amide bonds. The third-order valence-electron chi connectivity index (χ3n) is 4.30. The zero-order chi connectivity index (χ0) is 21.2. The number of aromatic amines is 1. The van der Waals surface area contributed by atoms with Crippen molar-refractivity contribution >= 4 is 0 Å². The molecule has 0 saturated carbocycles. The highest BCUT2D eigenvalue weighted by Crippen LogP contribution is 2.40. The van der Waals surface area contributed by atoms with E-state index in [0.29, 0.717) is 34.1 Å². The Morgan fingerprint density at radius 3 is 1.69 bits per heavy atom. The van der Waals surface area contributed by atoms with Crippen LogP contribution >= 0.6 is 0 Å². The van der Waals surface area contributed by atoms with Gasteiger partial charge < -0.3 is 23.9 Å². The zero-order valence-electron chi connectivity index (χ0n) is 16.2. The maximum atomic E-state index is 13.4. The molecule has 154 valence electrons. The Morgan fingerprint density at radius 2 is 1.21 bits per heavy atom. The lowest BCUT2D eigenvalue weighted by atomic mass is 10.0. The van der Waals surface area contributed by atoms with Crippen LogP contribution in [0.1, 0.15) is 5.82 Å². The molecule has 0 aliphatic rings. The number of halogens is 3. The number of methoxy groups -OCH3 is 4. The third kappa shape index (κ3) is 3.94. The predicted molar refractivity (Wildman–Crippen MR) is 101 cm³/mol. The molecule has 0 aliphatic heterocycles. The standard InChI is InChI=1S/C20H19F3N2O4/c1-26-13-7-5-11(9-15(13)28-3)17-18(25-19(24-17)20(21,22)23)12-6-8-14(27-2)16(10-12)29-4/h5-10H,1-4H3,(H,24,25). The van der Waals surface area contributed by atoms with E-state index in [1.54, 1.807) is 36.4 Å². The van der Waals surface area contributed by atoms with Gasteiger partial charge in [-0.15, -0.1) is 0 Å². The highest BCUT2D eigenvalue weighted by Gasteiger charge is 2.36. The van der Waals surface area contributed by atoms with Gasteiger partial charge in [0.15, 0.2) is 23.0 Å². The van der Waals surface area contributed by atoms with Gasteiger partial charge in [0.2, 0.25) is 5.82 Å². The molecule has 3 rings (SSSR count). The van der Waals surface area contributed by atoms with Crippen molar-refractivity contribution in [1.82, 2.24) is 9.97 Å². The van der Waals surface area contributed by atoms with Crippen molar-refractivity contribution in [3.63, 3.8) is 0 Å². The van der Waals surface area contributed by atoms with E-state index in [9.17, 15) is 13.2 Å². The van der Waals surface area contributed by atoms with Crippen LogP contribution < -0.4 is 18.9 Å². The van der Waals surface area contributed by atoms with Crippen molar-refractivity contribution < 1.29 is 32.1 Å². The number of hydrogen-bond donors (Lipinski definition) is 1. The van der Waals surface area contributed by atoms with Crippen molar-refractivity contribution in [2.75, 3.05) is 28.4 Å². The van der Waals surface area contributed by atoms with Crippen molar-refractivity contribution in [2.45, 2.75) is 6.18 Å². The molecule has 0 unspecified atom stereocenters. The zero-order valence-corrected chi connectivity index (χ0v) is 16.2. The molecule has 0 radical (unpaired) electrons. The monoisotopic (exact) mass is 408 g/mol. The van der Waals surface area contributed by atoms with E-state index in [1.165, 1.54) is 28.4 Å². The minimum atomic E-state index is -4.64. The molecule has 1 N–H and O–H groups in total. The molecule has 0 spiro atoms. The molecule has 9 heteroatoms. The summed E-state index contributed by atoms with van der Waals surface area (Å²) in [5, 5.41) is 0. The Bertz CT molecular complexity index is 942. The van der Waals surface area contributed by atoms with Gasteiger partial charge in [-0.3, -0.25) is 0 Å². The van der Waals surface area contributed by atoms with Gasteiger partial charge in [-0.25, -0.2) is 4.98 Å². The largest absolute Gasteiger partial charge is 0.493 e. The van der Waals surface area contributed by atoms with Crippen LogP contribution in [0.25, 0.3) is 22.5 Å². The molecule has 6 nitrogen and oxygen atoms in total. The van der Waals surface area contributed by atoms with E-state index < -0.39 is 12.0 Å². The van der Waals surface area contributed by atoms with Crippen LogP contribution in [0, 0.1) is 0 Å². The summed E-state index contributed by atoms with van der Waals surface area (Å²) in [6, 6.07) is 9.60. The van der Waals surface area contributed by atoms with Gasteiger partial charge in [-0.1, -0.05) is 0 Å². The first-order valence-corrected chi connectivity index (χ1v) is 8.44. The third-order valence-corrected chi connectivity index (χ3v) is 4.30. The van der Waals surface area contributed by atoms with Gasteiger partial charge in [-0.2, -0.15) is 13.2 Å². The summed E-state index contributed by atoms with van der Waals surface area (Å²) in [4.78, 5) is 6.19. The quantitative estimate of drug-likeness (QED) is 0.635. The number of ether oxygens (including phenoxy) is 4. The lowest BCUT2D eigenvalue weighted by molar-refractivity contribution is -0.144. The average Bonchev–Trinajstić information content (AvgIpc) is 3.18. The summed E-state index contributed by atoms with van der Waals surface area (Å²) in [5.41, 5.74) is 1.19. The predicted octanol–water partition coefficient (Wildman–Crippen LogP) is 4.80. The molecule has 0 aliphatic carbocycles. The van der Waals surface area contributed by atoms with Gasteiger partial charge >= 0.3 is 6.18 Å². The summed E-state index contributed by atoms with van der Waals surface area (Å²) in [6.07, 6.45) is -4.64. The summed E-state index contributed by atoms with van der Waals surface area (Å²) in [5.74, 6) is 0.563. The molecule has 0 saturated heterocycles. The van der Waals surface area contributed by atoms with E-state index >= 15 is 0 Å². The molecule has 3 aromatic rings. The van der Waals surface area contributed by atoms with Crippen LogP contribution in [-0.2, 0) is 6.18 Å². The lowest BCUT2D eigenvalue weighted by Crippen LogP contribution is -2.07. The second-order valence-corrected chi connectivity index (χ2v) is 5.95. The molecular weight excluding hydrogens is 389 g/mol. The molecule has 2 aromatic carbocycles. The summed E-state index contributed by atoms with van der Waals surface area (Å²) in [6.45, 7) is 0. The summed E-state index contributed by atoms with van der Waals surface area (Å²) >= 11 is 0. The van der Waals surface area contributed by atoms with E-state index in [2.05, 4.69) is 9.97 Å². The second-order valence-electron chi connectivity index (χ2n) is 5.95. The van der Waals surface area contributed by atoms with Gasteiger partial charge in [0, 0.05) is 11.1 Å². The summed E-state index contributed by atoms with van der Waals surface area (Å²) < 4.78 is 61.0. The SMILES string of the molecule is COc1ccc(-c2nc(C(F)(F)F)[nH]c2-c2ccc(OC)c(OC)c2)cc1OC. The number of nitrogens with one attached hydrogen (secondary N) is 1. The maximum absolute atomic E-state index is 13.4. The first kappa shape index (κ1) is 20.4. The number of aromatic nitrogens is 2. The average molecular weight is 408 g/mol. The molecule has 1 aromatic heterocycles. The Balaban J connectivity index is 2.22.